The van der Waals surface area contributed by atoms with Gasteiger partial charge >= 0.3 is 0 Å². The van der Waals surface area contributed by atoms with Gasteiger partial charge < -0.3 is 0 Å². The second-order valence-corrected chi connectivity index (χ2v) is 5.51. The van der Waals surface area contributed by atoms with E-state index in [-0.39, 0.29) is 5.69 Å². The molecule has 0 fully saturated rings. The van der Waals surface area contributed by atoms with Crippen LogP contribution in [0.4, 0.5) is 5.69 Å². The molecule has 2 rings (SSSR count). The molecule has 0 aliphatic rings. The summed E-state index contributed by atoms with van der Waals surface area (Å²) < 4.78 is 0. The minimum atomic E-state index is -0.521. The summed E-state index contributed by atoms with van der Waals surface area (Å²) in [6.07, 6.45) is 0. The van der Waals surface area contributed by atoms with Gasteiger partial charge in [-0.1, -0.05) is 23.9 Å². The van der Waals surface area contributed by atoms with Gasteiger partial charge in [-0.3, -0.25) is 14.9 Å². The van der Waals surface area contributed by atoms with Crippen LogP contribution < -0.4 is 0 Å². The summed E-state index contributed by atoms with van der Waals surface area (Å²) in [6.45, 7) is 1.79. The summed E-state index contributed by atoms with van der Waals surface area (Å²) in [5.74, 6) is 0. The van der Waals surface area contributed by atoms with Crippen molar-refractivity contribution in [1.82, 2.24) is 0 Å². The molecule has 0 saturated heterocycles. The van der Waals surface area contributed by atoms with E-state index < -0.39 is 10.2 Å². The van der Waals surface area contributed by atoms with Gasteiger partial charge in [-0.2, -0.15) is 0 Å². The fourth-order valence-electron chi connectivity index (χ4n) is 1.70. The highest BCUT2D eigenvalue weighted by Gasteiger charge is 2.13. The van der Waals surface area contributed by atoms with E-state index in [0.29, 0.717) is 5.56 Å². The Labute approximate surface area is 124 Å². The Morgan fingerprint density at radius 3 is 2.50 bits per heavy atom. The van der Waals surface area contributed by atoms with Crippen LogP contribution in [0.5, 0.6) is 0 Å². The molecule has 0 unspecified atom stereocenters. The van der Waals surface area contributed by atoms with Gasteiger partial charge in [-0.15, -0.1) is 0 Å². The Kier molecular flexibility index (Phi) is 4.42. The van der Waals surface area contributed by atoms with Gasteiger partial charge in [-0.05, 0) is 42.3 Å². The molecule has 0 spiro atoms. The highest BCUT2D eigenvalue weighted by atomic mass is 35.5. The number of benzene rings is 2. The molecule has 0 aliphatic carbocycles. The van der Waals surface area contributed by atoms with Gasteiger partial charge in [0.25, 0.3) is 10.9 Å². The maximum absolute atomic E-state index is 11.3. The van der Waals surface area contributed by atoms with E-state index in [1.54, 1.807) is 31.2 Å². The zero-order valence-electron chi connectivity index (χ0n) is 10.5. The summed E-state index contributed by atoms with van der Waals surface area (Å²) in [4.78, 5) is 23.2. The number of halogens is 1. The molecular formula is C14H10ClNO3S. The van der Waals surface area contributed by atoms with Crippen LogP contribution in [0.1, 0.15) is 15.9 Å². The Balaban J connectivity index is 2.36. The second-order valence-electron chi connectivity index (χ2n) is 4.08. The van der Waals surface area contributed by atoms with Gasteiger partial charge in [0.05, 0.1) is 4.92 Å². The quantitative estimate of drug-likeness (QED) is 0.476. The fraction of sp³-hybridized carbons (Fsp3) is 0.0714. The van der Waals surface area contributed by atoms with E-state index in [4.69, 9.17) is 11.6 Å². The molecule has 2 aromatic rings. The van der Waals surface area contributed by atoms with Crippen LogP contribution in [0.25, 0.3) is 0 Å². The predicted octanol–water partition coefficient (Wildman–Crippen LogP) is 4.43. The zero-order chi connectivity index (χ0) is 14.7. The first-order valence-corrected chi connectivity index (χ1v) is 6.90. The molecule has 0 saturated carbocycles. The molecule has 0 N–H and O–H groups in total. The molecular weight excluding hydrogens is 298 g/mol. The van der Waals surface area contributed by atoms with Crippen molar-refractivity contribution < 1.29 is 9.72 Å². The van der Waals surface area contributed by atoms with Crippen LogP contribution >= 0.6 is 23.4 Å². The summed E-state index contributed by atoms with van der Waals surface area (Å²) >= 11 is 6.90. The zero-order valence-corrected chi connectivity index (χ0v) is 12.1. The fourth-order valence-corrected chi connectivity index (χ4v) is 2.93. The Morgan fingerprint density at radius 2 is 1.90 bits per heavy atom. The topological polar surface area (TPSA) is 60.2 Å². The number of nitro benzene ring substituents is 1. The van der Waals surface area contributed by atoms with Crippen molar-refractivity contribution in [2.24, 2.45) is 0 Å². The van der Waals surface area contributed by atoms with Crippen LogP contribution in [-0.2, 0) is 0 Å². The first kappa shape index (κ1) is 14.6. The van der Waals surface area contributed by atoms with Crippen molar-refractivity contribution in [3.63, 3.8) is 0 Å². The van der Waals surface area contributed by atoms with Crippen LogP contribution in [-0.4, -0.2) is 10.2 Å². The van der Waals surface area contributed by atoms with E-state index in [2.05, 4.69) is 0 Å². The van der Waals surface area contributed by atoms with Gasteiger partial charge in [0.2, 0.25) is 0 Å². The molecule has 0 aliphatic heterocycles. The van der Waals surface area contributed by atoms with Gasteiger partial charge in [0.1, 0.15) is 0 Å². The maximum atomic E-state index is 11.3. The average Bonchev–Trinajstić information content (AvgIpc) is 2.41. The number of nitro groups is 1. The monoisotopic (exact) mass is 307 g/mol. The molecule has 4 nitrogen and oxygen atoms in total. The van der Waals surface area contributed by atoms with Crippen molar-refractivity contribution in [2.75, 3.05) is 0 Å². The first-order valence-electron chi connectivity index (χ1n) is 5.71. The molecule has 20 heavy (non-hydrogen) atoms. The third-order valence-corrected chi connectivity index (χ3v) is 4.15. The van der Waals surface area contributed by atoms with Crippen molar-refractivity contribution in [3.8, 4) is 0 Å². The molecule has 0 radical (unpaired) electrons. The normalized spacial score (nSPS) is 10.3. The van der Waals surface area contributed by atoms with Crippen molar-refractivity contribution in [3.05, 3.63) is 63.7 Å². The standard InChI is InChI=1S/C14H10ClNO3S/c1-9-8-10(16(18)19)6-7-12(9)20-13-5-3-2-4-11(13)14(15)17/h2-8H,1H3. The lowest BCUT2D eigenvalue weighted by molar-refractivity contribution is -0.385. The summed E-state index contributed by atoms with van der Waals surface area (Å²) in [7, 11) is 0. The molecule has 0 amide bonds. The average molecular weight is 308 g/mol. The van der Waals surface area contributed by atoms with Crippen molar-refractivity contribution >= 4 is 34.3 Å². The lowest BCUT2D eigenvalue weighted by atomic mass is 10.2. The SMILES string of the molecule is Cc1cc([N+](=O)[O-])ccc1Sc1ccccc1C(=O)Cl. The summed E-state index contributed by atoms with van der Waals surface area (Å²) in [5.41, 5.74) is 1.26. The summed E-state index contributed by atoms with van der Waals surface area (Å²) in [6, 6.07) is 11.6. The van der Waals surface area contributed by atoms with Crippen LogP contribution in [0, 0.1) is 17.0 Å². The Hall–Kier alpha value is -1.85. The lowest BCUT2D eigenvalue weighted by Gasteiger charge is -2.08. The van der Waals surface area contributed by atoms with Crippen LogP contribution in [0.2, 0.25) is 0 Å². The van der Waals surface area contributed by atoms with Crippen molar-refractivity contribution in [1.29, 1.82) is 0 Å². The molecule has 0 atom stereocenters. The minimum Gasteiger partial charge on any atom is -0.276 e. The number of aryl methyl sites for hydroxylation is 1. The number of non-ortho nitro benzene ring substituents is 1. The molecule has 2 aromatic carbocycles. The maximum Gasteiger partial charge on any atom is 0.269 e. The highest BCUT2D eigenvalue weighted by molar-refractivity contribution is 7.99. The second kappa shape index (κ2) is 6.07. The molecule has 102 valence electrons. The van der Waals surface area contributed by atoms with Crippen LogP contribution in [0.3, 0.4) is 0 Å². The van der Waals surface area contributed by atoms with Gasteiger partial charge in [-0.25, -0.2) is 0 Å². The van der Waals surface area contributed by atoms with Gasteiger partial charge in [0, 0.05) is 27.5 Å². The van der Waals surface area contributed by atoms with Crippen molar-refractivity contribution in [2.45, 2.75) is 16.7 Å². The number of hydrogen-bond acceptors (Lipinski definition) is 4. The molecule has 0 bridgehead atoms. The lowest BCUT2D eigenvalue weighted by Crippen LogP contribution is -1.93. The van der Waals surface area contributed by atoms with Gasteiger partial charge in [0.15, 0.2) is 0 Å². The number of hydrogen-bond donors (Lipinski definition) is 0. The third kappa shape index (κ3) is 3.18. The predicted molar refractivity (Wildman–Crippen MR) is 78.6 cm³/mol. The molecule has 0 heterocycles. The number of carbonyl (C=O) groups is 1. The summed E-state index contributed by atoms with van der Waals surface area (Å²) in [5, 5.41) is 10.2. The highest BCUT2D eigenvalue weighted by Crippen LogP contribution is 2.34. The molecule has 0 aromatic heterocycles. The Morgan fingerprint density at radius 1 is 1.20 bits per heavy atom. The van der Waals surface area contributed by atoms with E-state index in [1.165, 1.54) is 23.9 Å². The largest absolute Gasteiger partial charge is 0.276 e. The van der Waals surface area contributed by atoms with E-state index in [0.717, 1.165) is 15.4 Å². The van der Waals surface area contributed by atoms with E-state index >= 15 is 0 Å². The number of carbonyl (C=O) groups excluding carboxylic acids is 1. The number of rotatable bonds is 4. The minimum absolute atomic E-state index is 0.0496. The smallest absolute Gasteiger partial charge is 0.269 e. The van der Waals surface area contributed by atoms with E-state index in [1.807, 2.05) is 6.07 Å². The molecule has 6 heteroatoms. The van der Waals surface area contributed by atoms with Crippen LogP contribution in [0.15, 0.2) is 52.3 Å². The van der Waals surface area contributed by atoms with E-state index in [9.17, 15) is 14.9 Å². The number of nitrogens with zero attached hydrogens (tertiary/aromatic N) is 1. The first-order chi connectivity index (χ1) is 9.49. The third-order valence-electron chi connectivity index (χ3n) is 2.69. The Bertz CT molecular complexity index is 688.